The number of fused-ring (bicyclic) bond motifs is 1. The van der Waals surface area contributed by atoms with Crippen LogP contribution in [-0.2, 0) is 23.3 Å². The number of para-hydroxylation sites is 1. The van der Waals surface area contributed by atoms with Crippen molar-refractivity contribution in [3.63, 3.8) is 0 Å². The average Bonchev–Trinajstić information content (AvgIpc) is 2.95. The molecule has 1 saturated heterocycles. The molecule has 1 aromatic carbocycles. The third-order valence-corrected chi connectivity index (χ3v) is 5.87. The van der Waals surface area contributed by atoms with Crippen LogP contribution in [0.5, 0.6) is 0 Å². The molecule has 3 heterocycles. The minimum atomic E-state index is -0.444. The first-order valence-electron chi connectivity index (χ1n) is 8.58. The summed E-state index contributed by atoms with van der Waals surface area (Å²) >= 11 is 0. The summed E-state index contributed by atoms with van der Waals surface area (Å²) in [6.45, 7) is 7.07. The van der Waals surface area contributed by atoms with Gasteiger partial charge < -0.3 is 10.6 Å². The number of amides is 1. The van der Waals surface area contributed by atoms with E-state index in [9.17, 15) is 4.79 Å². The van der Waals surface area contributed by atoms with Crippen LogP contribution >= 0.6 is 0 Å². The Kier molecular flexibility index (Phi) is 2.56. The minimum absolute atomic E-state index is 0.197. The maximum Gasteiger partial charge on any atom is 0.224 e. The van der Waals surface area contributed by atoms with Crippen LogP contribution in [0.1, 0.15) is 25.1 Å². The van der Waals surface area contributed by atoms with Crippen LogP contribution in [0, 0.1) is 17.8 Å². The number of nitrogens with zero attached hydrogens (tertiary/aromatic N) is 2. The molecule has 2 atom stereocenters. The zero-order valence-electron chi connectivity index (χ0n) is 13.6. The molecule has 1 saturated carbocycles. The van der Waals surface area contributed by atoms with Crippen molar-refractivity contribution in [3.05, 3.63) is 29.5 Å². The minimum Gasteiger partial charge on any atom is -0.345 e. The molecule has 2 aliphatic heterocycles. The molecular weight excluding hydrogens is 288 g/mol. The van der Waals surface area contributed by atoms with Crippen molar-refractivity contribution in [1.29, 1.82) is 0 Å². The summed E-state index contributed by atoms with van der Waals surface area (Å²) in [6, 6.07) is 6.42. The Hall–Kier alpha value is -1.88. The van der Waals surface area contributed by atoms with E-state index in [1.807, 2.05) is 0 Å². The number of rotatable bonds is 3. The van der Waals surface area contributed by atoms with Gasteiger partial charge in [-0.3, -0.25) is 9.48 Å². The second-order valence-corrected chi connectivity index (χ2v) is 7.76. The summed E-state index contributed by atoms with van der Waals surface area (Å²) < 4.78 is 2.10. The Morgan fingerprint density at radius 1 is 1.35 bits per heavy atom. The van der Waals surface area contributed by atoms with E-state index < -0.39 is 5.54 Å². The maximum absolute atomic E-state index is 12.7. The van der Waals surface area contributed by atoms with E-state index in [2.05, 4.69) is 47.4 Å². The molecule has 5 heteroatoms. The van der Waals surface area contributed by atoms with Gasteiger partial charge in [0, 0.05) is 17.8 Å². The number of piperidine rings is 1. The summed E-state index contributed by atoms with van der Waals surface area (Å²) in [5, 5.41) is 12.6. The molecule has 2 unspecified atom stereocenters. The first kappa shape index (κ1) is 13.5. The molecule has 0 bridgehead atoms. The molecule has 3 aliphatic rings. The molecule has 1 aliphatic carbocycles. The molecule has 0 radical (unpaired) electrons. The highest BCUT2D eigenvalue weighted by molar-refractivity contribution is 5.88. The highest BCUT2D eigenvalue weighted by Crippen LogP contribution is 2.49. The number of nitrogens with one attached hydrogen (secondary N) is 2. The molecule has 1 amide bonds. The van der Waals surface area contributed by atoms with Gasteiger partial charge in [-0.25, -0.2) is 0 Å². The van der Waals surface area contributed by atoms with Gasteiger partial charge in [-0.15, -0.1) is 0 Å². The van der Waals surface area contributed by atoms with E-state index in [-0.39, 0.29) is 11.8 Å². The van der Waals surface area contributed by atoms with Gasteiger partial charge in [-0.2, -0.15) is 5.10 Å². The summed E-state index contributed by atoms with van der Waals surface area (Å²) in [5.41, 5.74) is 3.16. The van der Waals surface area contributed by atoms with Crippen molar-refractivity contribution in [1.82, 2.24) is 20.4 Å². The Bertz CT molecular complexity index is 812. The van der Waals surface area contributed by atoms with Gasteiger partial charge in [0.05, 0.1) is 16.7 Å². The van der Waals surface area contributed by atoms with Crippen LogP contribution in [0.3, 0.4) is 0 Å². The van der Waals surface area contributed by atoms with Gasteiger partial charge in [0.15, 0.2) is 0 Å². The quantitative estimate of drug-likeness (QED) is 0.901. The zero-order chi connectivity index (χ0) is 15.8. The van der Waals surface area contributed by atoms with Crippen molar-refractivity contribution in [2.24, 2.45) is 17.8 Å². The Balaban J connectivity index is 1.46. The van der Waals surface area contributed by atoms with Crippen LogP contribution in [0.15, 0.2) is 18.2 Å². The summed E-state index contributed by atoms with van der Waals surface area (Å²) in [7, 11) is 0. The van der Waals surface area contributed by atoms with E-state index in [1.54, 1.807) is 0 Å². The standard InChI is InChI=1S/C18H22N4O/c1-18(2,20-17(23)14-12-8-19-9-13(12)14)16-11-5-3-4-10-6-7-22(21-16)15(10)11/h3-5,12-14,19H,6-9H2,1-2H3,(H,20,23). The smallest absolute Gasteiger partial charge is 0.224 e. The summed E-state index contributed by atoms with van der Waals surface area (Å²) in [5.74, 6) is 1.49. The molecule has 2 aromatic rings. The lowest BCUT2D eigenvalue weighted by atomic mass is 9.95. The highest BCUT2D eigenvalue weighted by Gasteiger charge is 2.57. The lowest BCUT2D eigenvalue weighted by Gasteiger charge is -2.25. The van der Waals surface area contributed by atoms with Crippen molar-refractivity contribution >= 4 is 16.8 Å². The van der Waals surface area contributed by atoms with Crippen molar-refractivity contribution in [2.75, 3.05) is 13.1 Å². The number of carbonyl (C=O) groups excluding carboxylic acids is 1. The van der Waals surface area contributed by atoms with E-state index in [0.29, 0.717) is 11.8 Å². The monoisotopic (exact) mass is 310 g/mol. The number of hydrogen-bond acceptors (Lipinski definition) is 3. The third kappa shape index (κ3) is 1.83. The van der Waals surface area contributed by atoms with Gasteiger partial charge in [0.1, 0.15) is 0 Å². The first-order chi connectivity index (χ1) is 11.1. The van der Waals surface area contributed by atoms with Crippen LogP contribution in [0.4, 0.5) is 0 Å². The second kappa shape index (κ2) is 4.35. The lowest BCUT2D eigenvalue weighted by molar-refractivity contribution is -0.124. The maximum atomic E-state index is 12.7. The highest BCUT2D eigenvalue weighted by atomic mass is 16.2. The van der Waals surface area contributed by atoms with Crippen LogP contribution in [0.25, 0.3) is 10.9 Å². The molecule has 120 valence electrons. The van der Waals surface area contributed by atoms with Gasteiger partial charge in [0.25, 0.3) is 0 Å². The van der Waals surface area contributed by atoms with Gasteiger partial charge in [0.2, 0.25) is 5.91 Å². The van der Waals surface area contributed by atoms with E-state index in [1.165, 1.54) is 16.5 Å². The zero-order valence-corrected chi connectivity index (χ0v) is 13.6. The fourth-order valence-corrected chi connectivity index (χ4v) is 4.62. The number of aromatic nitrogens is 2. The van der Waals surface area contributed by atoms with Crippen LogP contribution < -0.4 is 10.6 Å². The van der Waals surface area contributed by atoms with Gasteiger partial charge in [-0.1, -0.05) is 18.2 Å². The second-order valence-electron chi connectivity index (χ2n) is 7.76. The predicted octanol–water partition coefficient (Wildman–Crippen LogP) is 1.41. The SMILES string of the molecule is CC(C)(NC(=O)C1C2CNCC21)c1nn2c3c(cccc13)CC2. The van der Waals surface area contributed by atoms with Crippen molar-refractivity contribution < 1.29 is 4.79 Å². The molecule has 1 aromatic heterocycles. The van der Waals surface area contributed by atoms with E-state index in [4.69, 9.17) is 5.10 Å². The number of aryl methyl sites for hydroxylation is 2. The van der Waals surface area contributed by atoms with Crippen molar-refractivity contribution in [3.8, 4) is 0 Å². The fourth-order valence-electron chi connectivity index (χ4n) is 4.62. The Morgan fingerprint density at radius 2 is 2.13 bits per heavy atom. The average molecular weight is 310 g/mol. The van der Waals surface area contributed by atoms with Gasteiger partial charge in [-0.05, 0) is 50.8 Å². The Morgan fingerprint density at radius 3 is 2.91 bits per heavy atom. The fraction of sp³-hybridized carbons (Fsp3) is 0.556. The van der Waals surface area contributed by atoms with Crippen molar-refractivity contribution in [2.45, 2.75) is 32.4 Å². The summed E-state index contributed by atoms with van der Waals surface area (Å²) in [4.78, 5) is 12.7. The molecule has 0 spiro atoms. The molecule has 2 fully saturated rings. The van der Waals surface area contributed by atoms with Crippen LogP contribution in [-0.4, -0.2) is 28.8 Å². The number of hydrogen-bond donors (Lipinski definition) is 2. The third-order valence-electron chi connectivity index (χ3n) is 5.87. The van der Waals surface area contributed by atoms with E-state index in [0.717, 1.165) is 31.7 Å². The first-order valence-corrected chi connectivity index (χ1v) is 8.58. The molecule has 5 rings (SSSR count). The largest absolute Gasteiger partial charge is 0.345 e. The number of carbonyl (C=O) groups is 1. The lowest BCUT2D eigenvalue weighted by Crippen LogP contribution is -2.43. The molecular formula is C18H22N4O. The van der Waals surface area contributed by atoms with Crippen LogP contribution in [0.2, 0.25) is 0 Å². The number of benzene rings is 1. The molecule has 5 nitrogen and oxygen atoms in total. The Labute approximate surface area is 135 Å². The summed E-state index contributed by atoms with van der Waals surface area (Å²) in [6.07, 6.45) is 1.06. The van der Waals surface area contributed by atoms with Gasteiger partial charge >= 0.3 is 0 Å². The topological polar surface area (TPSA) is 59.0 Å². The van der Waals surface area contributed by atoms with E-state index >= 15 is 0 Å². The normalized spacial score (nSPS) is 28.2. The predicted molar refractivity (Wildman–Crippen MR) is 87.9 cm³/mol. The molecule has 2 N–H and O–H groups in total. The molecule has 23 heavy (non-hydrogen) atoms.